The summed E-state index contributed by atoms with van der Waals surface area (Å²) in [6.45, 7) is 4.58. The Hall–Kier alpha value is -1.75. The van der Waals surface area contributed by atoms with E-state index in [0.29, 0.717) is 0 Å². The van der Waals surface area contributed by atoms with Crippen molar-refractivity contribution in [3.63, 3.8) is 0 Å². The summed E-state index contributed by atoms with van der Waals surface area (Å²) in [6, 6.07) is 22.4. The predicted octanol–water partition coefficient (Wildman–Crippen LogP) is 4.85. The number of rotatable bonds is 1. The average molecular weight is 457 g/mol. The number of aromatic nitrogens is 1. The molecule has 0 spiro atoms. The summed E-state index contributed by atoms with van der Waals surface area (Å²) in [5.41, 5.74) is 7.47. The summed E-state index contributed by atoms with van der Waals surface area (Å²) < 4.78 is 0. The first-order chi connectivity index (χ1) is 10.2. The third-order valence-electron chi connectivity index (χ3n) is 4.46. The van der Waals surface area contributed by atoms with Gasteiger partial charge in [0.25, 0.3) is 0 Å². The van der Waals surface area contributed by atoms with Crippen molar-refractivity contribution in [3.05, 3.63) is 78.0 Å². The minimum absolute atomic E-state index is 0. The predicted molar refractivity (Wildman–Crippen MR) is 86.1 cm³/mol. The molecule has 2 aromatic carbocycles. The fourth-order valence-corrected chi connectivity index (χ4v) is 3.31. The van der Waals surface area contributed by atoms with Gasteiger partial charge in [-0.3, -0.25) is 0 Å². The molecule has 0 saturated carbocycles. The summed E-state index contributed by atoms with van der Waals surface area (Å²) in [4.78, 5) is 4.44. The fourth-order valence-electron chi connectivity index (χ4n) is 3.31. The van der Waals surface area contributed by atoms with Gasteiger partial charge in [0, 0.05) is 26.6 Å². The van der Waals surface area contributed by atoms with Crippen molar-refractivity contribution in [2.45, 2.75) is 19.3 Å². The molecule has 0 unspecified atom stereocenters. The maximum Gasteiger partial charge on any atom is 0.0160 e. The molecule has 2 heteroatoms. The second-order valence-electron chi connectivity index (χ2n) is 6.06. The second kappa shape index (κ2) is 5.47. The first-order valence-corrected chi connectivity index (χ1v) is 7.25. The van der Waals surface area contributed by atoms with Crippen molar-refractivity contribution in [1.82, 2.24) is 4.98 Å². The molecule has 1 heterocycles. The van der Waals surface area contributed by atoms with Crippen molar-refractivity contribution in [1.29, 1.82) is 0 Å². The molecule has 1 radical (unpaired) electrons. The van der Waals surface area contributed by atoms with Crippen LogP contribution >= 0.6 is 0 Å². The Morgan fingerprint density at radius 3 is 2.45 bits per heavy atom. The molecule has 0 saturated heterocycles. The zero-order valence-electron chi connectivity index (χ0n) is 12.6. The molecule has 1 aromatic heterocycles. The van der Waals surface area contributed by atoms with Crippen molar-refractivity contribution >= 4 is 0 Å². The standard InChI is InChI=1S/C20H16N.Re/c1-20(2)17-8-4-3-7-15(17)16-11-10-14(13-18(16)20)19-9-5-6-12-21-19;/h3-9,11-13H,1-2H3;/q-1;. The minimum atomic E-state index is 0. The van der Waals surface area contributed by atoms with Gasteiger partial charge in [-0.15, -0.1) is 29.3 Å². The van der Waals surface area contributed by atoms with E-state index in [4.69, 9.17) is 0 Å². The van der Waals surface area contributed by atoms with Crippen LogP contribution in [0.4, 0.5) is 0 Å². The van der Waals surface area contributed by atoms with Crippen LogP contribution in [-0.2, 0) is 25.8 Å². The maximum atomic E-state index is 4.44. The Kier molecular flexibility index (Phi) is 3.77. The van der Waals surface area contributed by atoms with Gasteiger partial charge in [0.2, 0.25) is 0 Å². The van der Waals surface area contributed by atoms with Gasteiger partial charge in [0.05, 0.1) is 0 Å². The van der Waals surface area contributed by atoms with Crippen molar-refractivity contribution < 1.29 is 20.4 Å². The van der Waals surface area contributed by atoms with E-state index in [1.165, 1.54) is 22.3 Å². The Labute approximate surface area is 145 Å². The van der Waals surface area contributed by atoms with Crippen LogP contribution in [0.1, 0.15) is 25.0 Å². The molecule has 3 aromatic rings. The van der Waals surface area contributed by atoms with Gasteiger partial charge in [-0.1, -0.05) is 61.4 Å². The number of hydrogen-bond acceptors (Lipinski definition) is 1. The van der Waals surface area contributed by atoms with Crippen LogP contribution in [0.25, 0.3) is 22.4 Å². The molecule has 0 fully saturated rings. The van der Waals surface area contributed by atoms with Crippen LogP contribution in [-0.4, -0.2) is 4.98 Å². The molecule has 4 rings (SSSR count). The van der Waals surface area contributed by atoms with E-state index in [1.807, 2.05) is 24.4 Å². The van der Waals surface area contributed by atoms with Gasteiger partial charge in [0.15, 0.2) is 0 Å². The molecule has 0 atom stereocenters. The monoisotopic (exact) mass is 457 g/mol. The summed E-state index contributed by atoms with van der Waals surface area (Å²) in [6.07, 6.45) is 1.83. The number of nitrogens with zero attached hydrogens (tertiary/aromatic N) is 1. The molecule has 0 bridgehead atoms. The molecule has 1 aliphatic rings. The Morgan fingerprint density at radius 1 is 0.909 bits per heavy atom. The van der Waals surface area contributed by atoms with Crippen molar-refractivity contribution in [2.75, 3.05) is 0 Å². The molecule has 1 aliphatic carbocycles. The number of hydrogen-bond donors (Lipinski definition) is 0. The Morgan fingerprint density at radius 2 is 1.68 bits per heavy atom. The SMILES string of the molecule is CC1(C)c2ccccc2-c2c[c-]c(-c3ccccn3)cc21.[Re]. The van der Waals surface area contributed by atoms with Crippen LogP contribution in [0.15, 0.2) is 60.8 Å². The molecule has 0 aliphatic heterocycles. The van der Waals surface area contributed by atoms with Crippen molar-refractivity contribution in [3.8, 4) is 22.4 Å². The topological polar surface area (TPSA) is 12.9 Å². The third-order valence-corrected chi connectivity index (χ3v) is 4.46. The Bertz CT molecular complexity index is 822. The molecule has 0 amide bonds. The van der Waals surface area contributed by atoms with E-state index >= 15 is 0 Å². The van der Waals surface area contributed by atoms with E-state index in [1.54, 1.807) is 0 Å². The minimum Gasteiger partial charge on any atom is -0.305 e. The van der Waals surface area contributed by atoms with E-state index in [2.05, 4.69) is 61.3 Å². The summed E-state index contributed by atoms with van der Waals surface area (Å²) >= 11 is 0. The third kappa shape index (κ3) is 2.15. The maximum absolute atomic E-state index is 4.44. The first kappa shape index (κ1) is 15.2. The van der Waals surface area contributed by atoms with E-state index in [0.717, 1.165) is 11.3 Å². The second-order valence-corrected chi connectivity index (χ2v) is 6.06. The van der Waals surface area contributed by atoms with Gasteiger partial charge < -0.3 is 4.98 Å². The quantitative estimate of drug-likeness (QED) is 0.477. The number of fused-ring (bicyclic) bond motifs is 3. The van der Waals surface area contributed by atoms with Gasteiger partial charge in [0.1, 0.15) is 0 Å². The van der Waals surface area contributed by atoms with Crippen molar-refractivity contribution in [2.24, 2.45) is 0 Å². The number of pyridine rings is 1. The zero-order chi connectivity index (χ0) is 14.4. The summed E-state index contributed by atoms with van der Waals surface area (Å²) in [5, 5.41) is 0. The van der Waals surface area contributed by atoms with Crippen LogP contribution in [0.2, 0.25) is 0 Å². The van der Waals surface area contributed by atoms with E-state index in [9.17, 15) is 0 Å². The molecular formula is C20H16NRe-. The molecule has 0 N–H and O–H groups in total. The fraction of sp³-hybridized carbons (Fsp3) is 0.150. The Balaban J connectivity index is 0.00000144. The molecule has 109 valence electrons. The van der Waals surface area contributed by atoms with Gasteiger partial charge in [-0.2, -0.15) is 0 Å². The molecular weight excluding hydrogens is 440 g/mol. The summed E-state index contributed by atoms with van der Waals surface area (Å²) in [5.74, 6) is 0. The first-order valence-electron chi connectivity index (χ1n) is 7.25. The van der Waals surface area contributed by atoms with Crippen LogP contribution < -0.4 is 0 Å². The van der Waals surface area contributed by atoms with E-state index < -0.39 is 0 Å². The average Bonchev–Trinajstić information content (AvgIpc) is 2.77. The molecule has 22 heavy (non-hydrogen) atoms. The van der Waals surface area contributed by atoms with E-state index in [-0.39, 0.29) is 25.8 Å². The van der Waals surface area contributed by atoms with Gasteiger partial charge in [-0.25, -0.2) is 0 Å². The molecule has 1 nitrogen and oxygen atoms in total. The smallest absolute Gasteiger partial charge is 0.0160 e. The number of benzene rings is 2. The zero-order valence-corrected chi connectivity index (χ0v) is 15.3. The largest absolute Gasteiger partial charge is 0.305 e. The van der Waals surface area contributed by atoms with Crippen LogP contribution in [0, 0.1) is 6.07 Å². The normalized spacial score (nSPS) is 13.9. The van der Waals surface area contributed by atoms with Gasteiger partial charge in [-0.05, 0) is 22.7 Å². The van der Waals surface area contributed by atoms with Crippen LogP contribution in [0.3, 0.4) is 0 Å². The van der Waals surface area contributed by atoms with Crippen LogP contribution in [0.5, 0.6) is 0 Å². The van der Waals surface area contributed by atoms with Gasteiger partial charge >= 0.3 is 0 Å². The summed E-state index contributed by atoms with van der Waals surface area (Å²) in [7, 11) is 0.